The zero-order valence-electron chi connectivity index (χ0n) is 17.0. The Morgan fingerprint density at radius 1 is 1.15 bits per heavy atom. The van der Waals surface area contributed by atoms with Crippen LogP contribution < -0.4 is 0 Å². The van der Waals surface area contributed by atoms with Gasteiger partial charge in [0, 0.05) is 12.8 Å². The van der Waals surface area contributed by atoms with Crippen molar-refractivity contribution < 1.29 is 19.4 Å². The molecule has 0 radical (unpaired) electrons. The van der Waals surface area contributed by atoms with Gasteiger partial charge in [0.25, 0.3) is 0 Å². The molecule has 0 spiro atoms. The summed E-state index contributed by atoms with van der Waals surface area (Å²) >= 11 is 0. The fourth-order valence-electron chi connectivity index (χ4n) is 7.44. The molecule has 0 aromatic heterocycles. The minimum absolute atomic E-state index is 0.0363. The van der Waals surface area contributed by atoms with Crippen LogP contribution in [-0.4, -0.2) is 29.6 Å². The van der Waals surface area contributed by atoms with E-state index in [0.29, 0.717) is 17.8 Å². The highest BCUT2D eigenvalue weighted by atomic mass is 16.5. The molecule has 4 nitrogen and oxygen atoms in total. The van der Waals surface area contributed by atoms with Crippen LogP contribution in [0.3, 0.4) is 0 Å². The fraction of sp³-hybridized carbons (Fsp3) is 0.826. The van der Waals surface area contributed by atoms with Crippen LogP contribution in [0.1, 0.15) is 72.1 Å². The van der Waals surface area contributed by atoms with E-state index in [9.17, 15) is 14.7 Å². The van der Waals surface area contributed by atoms with Crippen molar-refractivity contribution in [1.29, 1.82) is 0 Å². The Balaban J connectivity index is 1.55. The van der Waals surface area contributed by atoms with E-state index in [-0.39, 0.29) is 41.2 Å². The largest absolute Gasteiger partial charge is 0.458 e. The van der Waals surface area contributed by atoms with E-state index in [1.807, 2.05) is 0 Å². The number of esters is 1. The van der Waals surface area contributed by atoms with Gasteiger partial charge in [-0.15, -0.1) is 0 Å². The lowest BCUT2D eigenvalue weighted by Crippen LogP contribution is -2.51. The molecule has 4 aliphatic carbocycles. The molecule has 7 atom stereocenters. The average Bonchev–Trinajstić information content (AvgIpc) is 2.97. The number of carbonyl (C=O) groups excluding carboxylic acids is 2. The monoisotopic (exact) mass is 374 g/mol. The van der Waals surface area contributed by atoms with Crippen LogP contribution in [0.4, 0.5) is 0 Å². The zero-order chi connectivity index (χ0) is 19.4. The predicted molar refractivity (Wildman–Crippen MR) is 103 cm³/mol. The lowest BCUT2D eigenvalue weighted by Gasteiger charge is -2.57. The fourth-order valence-corrected chi connectivity index (χ4v) is 7.44. The van der Waals surface area contributed by atoms with Gasteiger partial charge >= 0.3 is 5.97 Å². The van der Waals surface area contributed by atoms with Crippen LogP contribution in [0.5, 0.6) is 0 Å². The third-order valence-electron chi connectivity index (χ3n) is 8.88. The molecule has 3 fully saturated rings. The molecule has 0 heterocycles. The predicted octanol–water partition coefficient (Wildman–Crippen LogP) is 4.06. The number of aliphatic hydroxyl groups excluding tert-OH is 1. The van der Waals surface area contributed by atoms with Crippen LogP contribution in [-0.2, 0) is 14.3 Å². The summed E-state index contributed by atoms with van der Waals surface area (Å²) in [6.45, 7) is 6.06. The van der Waals surface area contributed by atoms with Gasteiger partial charge < -0.3 is 9.84 Å². The van der Waals surface area contributed by atoms with Crippen molar-refractivity contribution in [2.24, 2.45) is 34.5 Å². The molecule has 0 amide bonds. The van der Waals surface area contributed by atoms with Gasteiger partial charge in [0.15, 0.2) is 5.78 Å². The third kappa shape index (κ3) is 2.99. The van der Waals surface area contributed by atoms with Crippen molar-refractivity contribution >= 4 is 11.8 Å². The molecular weight excluding hydrogens is 340 g/mol. The van der Waals surface area contributed by atoms with E-state index in [0.717, 1.165) is 44.9 Å². The average molecular weight is 375 g/mol. The number of ether oxygens (including phenoxy) is 1. The van der Waals surface area contributed by atoms with Crippen molar-refractivity contribution in [1.82, 2.24) is 0 Å². The second-order valence-corrected chi connectivity index (χ2v) is 10.1. The maximum atomic E-state index is 12.8. The van der Waals surface area contributed by atoms with Crippen molar-refractivity contribution in [3.05, 3.63) is 11.6 Å². The first-order valence-corrected chi connectivity index (χ1v) is 10.8. The van der Waals surface area contributed by atoms with Crippen molar-refractivity contribution in [2.45, 2.75) is 78.2 Å². The highest BCUT2D eigenvalue weighted by molar-refractivity contribution is 5.85. The molecule has 1 N–H and O–H groups in total. The number of Topliss-reactive ketones (excluding diaryl/α,β-unsaturated/α-hetero) is 1. The number of allylic oxidation sites excluding steroid dienone is 1. The van der Waals surface area contributed by atoms with Crippen LogP contribution in [0, 0.1) is 34.5 Å². The van der Waals surface area contributed by atoms with E-state index in [2.05, 4.69) is 19.9 Å². The molecular formula is C23H34O4. The summed E-state index contributed by atoms with van der Waals surface area (Å²) in [6.07, 6.45) is 10.6. The summed E-state index contributed by atoms with van der Waals surface area (Å²) in [5.74, 6) is 1.71. The number of carbonyl (C=O) groups is 2. The lowest BCUT2D eigenvalue weighted by molar-refractivity contribution is -0.149. The minimum Gasteiger partial charge on any atom is -0.458 e. The number of aliphatic hydroxyl groups is 1. The Hall–Kier alpha value is -1.16. The van der Waals surface area contributed by atoms with Gasteiger partial charge in [0.2, 0.25) is 0 Å². The molecule has 4 rings (SSSR count). The van der Waals surface area contributed by atoms with Crippen molar-refractivity contribution in [2.75, 3.05) is 6.61 Å². The van der Waals surface area contributed by atoms with Gasteiger partial charge in [-0.3, -0.25) is 9.59 Å². The van der Waals surface area contributed by atoms with Gasteiger partial charge in [0.05, 0.1) is 6.10 Å². The van der Waals surface area contributed by atoms with Crippen LogP contribution in [0.25, 0.3) is 0 Å². The molecule has 150 valence electrons. The first-order chi connectivity index (χ1) is 12.8. The van der Waals surface area contributed by atoms with Crippen LogP contribution in [0.2, 0.25) is 0 Å². The first kappa shape index (κ1) is 19.2. The Morgan fingerprint density at radius 3 is 2.67 bits per heavy atom. The van der Waals surface area contributed by atoms with Gasteiger partial charge in [-0.05, 0) is 80.0 Å². The van der Waals surface area contributed by atoms with Crippen molar-refractivity contribution in [3.63, 3.8) is 0 Å². The molecule has 0 bridgehead atoms. The van der Waals surface area contributed by atoms with Gasteiger partial charge in [-0.1, -0.05) is 25.5 Å². The van der Waals surface area contributed by atoms with Gasteiger partial charge in [-0.2, -0.15) is 0 Å². The summed E-state index contributed by atoms with van der Waals surface area (Å²) in [5.41, 5.74) is 1.78. The molecule has 4 aliphatic rings. The number of ketones is 1. The van der Waals surface area contributed by atoms with E-state index in [4.69, 9.17) is 4.74 Å². The zero-order valence-corrected chi connectivity index (χ0v) is 17.0. The topological polar surface area (TPSA) is 63.6 Å². The highest BCUT2D eigenvalue weighted by Crippen LogP contribution is 2.66. The van der Waals surface area contributed by atoms with Crippen LogP contribution >= 0.6 is 0 Å². The number of fused-ring (bicyclic) bond motifs is 5. The summed E-state index contributed by atoms with van der Waals surface area (Å²) in [7, 11) is 0. The molecule has 27 heavy (non-hydrogen) atoms. The summed E-state index contributed by atoms with van der Waals surface area (Å²) < 4.78 is 5.02. The number of hydrogen-bond donors (Lipinski definition) is 1. The molecule has 0 unspecified atom stereocenters. The molecule has 3 saturated carbocycles. The van der Waals surface area contributed by atoms with E-state index in [1.165, 1.54) is 18.9 Å². The Kier molecular flexibility index (Phi) is 4.77. The highest BCUT2D eigenvalue weighted by Gasteiger charge is 2.59. The van der Waals surface area contributed by atoms with E-state index in [1.54, 1.807) is 0 Å². The number of rotatable bonds is 3. The standard InChI is InChI=1S/C23H34O4/c1-14(24)27-13-21(26)20-7-6-18-17-5-4-15-12-16(25)8-10-22(15,2)19(17)9-11-23(18,20)3/h4,16-20,25H,5-13H2,1-3H3/t16-,17+,18-,19-,20+,22-,23-/m0/s1. The van der Waals surface area contributed by atoms with Crippen molar-refractivity contribution in [3.8, 4) is 0 Å². The molecule has 0 aromatic carbocycles. The van der Waals surface area contributed by atoms with E-state index >= 15 is 0 Å². The van der Waals surface area contributed by atoms with Gasteiger partial charge in [-0.25, -0.2) is 0 Å². The second-order valence-electron chi connectivity index (χ2n) is 10.1. The summed E-state index contributed by atoms with van der Waals surface area (Å²) in [5, 5.41) is 10.1. The summed E-state index contributed by atoms with van der Waals surface area (Å²) in [6, 6.07) is 0. The molecule has 0 aliphatic heterocycles. The quantitative estimate of drug-likeness (QED) is 0.598. The normalized spacial score (nSPS) is 45.9. The Labute approximate surface area is 162 Å². The second kappa shape index (κ2) is 6.72. The Bertz CT molecular complexity index is 667. The molecule has 0 saturated heterocycles. The maximum absolute atomic E-state index is 12.8. The Morgan fingerprint density at radius 2 is 1.93 bits per heavy atom. The third-order valence-corrected chi connectivity index (χ3v) is 8.88. The SMILES string of the molecule is CC(=O)OCC(=O)[C@H]1CC[C@H]2[C@H]3CC=C4C[C@@H](O)CC[C@]4(C)[C@H]3CC[C@]12C. The minimum atomic E-state index is -0.371. The van der Waals surface area contributed by atoms with Crippen LogP contribution in [0.15, 0.2) is 11.6 Å². The van der Waals surface area contributed by atoms with E-state index < -0.39 is 0 Å². The number of hydrogen-bond acceptors (Lipinski definition) is 4. The molecule has 0 aromatic rings. The smallest absolute Gasteiger partial charge is 0.303 e. The lowest BCUT2D eigenvalue weighted by atomic mass is 9.47. The maximum Gasteiger partial charge on any atom is 0.303 e. The van der Waals surface area contributed by atoms with Gasteiger partial charge in [0.1, 0.15) is 6.61 Å². The summed E-state index contributed by atoms with van der Waals surface area (Å²) in [4.78, 5) is 23.9. The first-order valence-electron chi connectivity index (χ1n) is 10.8. The molecule has 4 heteroatoms.